The molecule has 0 saturated heterocycles. The van der Waals surface area contributed by atoms with E-state index in [1.165, 1.54) is 0 Å². The minimum atomic E-state index is -0.477. The SMILES string of the molecule is CCCC(N)(CC)[N+](C)(C)O.[Cl-]. The van der Waals surface area contributed by atoms with Crippen LogP contribution in [0.1, 0.15) is 33.1 Å². The van der Waals surface area contributed by atoms with Crippen LogP contribution < -0.4 is 18.1 Å². The third kappa shape index (κ3) is 3.27. The van der Waals surface area contributed by atoms with Gasteiger partial charge in [0.25, 0.3) is 0 Å². The van der Waals surface area contributed by atoms with Crippen LogP contribution >= 0.6 is 0 Å². The third-order valence-corrected chi connectivity index (χ3v) is 2.38. The van der Waals surface area contributed by atoms with E-state index >= 15 is 0 Å². The third-order valence-electron chi connectivity index (χ3n) is 2.38. The molecule has 0 amide bonds. The Morgan fingerprint density at radius 1 is 1.33 bits per heavy atom. The Hall–Kier alpha value is 0.170. The van der Waals surface area contributed by atoms with Gasteiger partial charge in [0.05, 0.1) is 14.1 Å². The summed E-state index contributed by atoms with van der Waals surface area (Å²) in [6, 6.07) is 0. The average molecular weight is 197 g/mol. The van der Waals surface area contributed by atoms with Gasteiger partial charge in [-0.05, 0) is 6.42 Å². The van der Waals surface area contributed by atoms with Crippen LogP contribution in [0.3, 0.4) is 0 Å². The van der Waals surface area contributed by atoms with E-state index in [-0.39, 0.29) is 17.1 Å². The second-order valence-electron chi connectivity index (χ2n) is 3.60. The van der Waals surface area contributed by atoms with E-state index in [1.54, 1.807) is 14.1 Å². The molecule has 0 heterocycles. The van der Waals surface area contributed by atoms with Crippen LogP contribution in [0.15, 0.2) is 0 Å². The predicted molar refractivity (Wildman–Crippen MR) is 46.0 cm³/mol. The number of hydrogen-bond acceptors (Lipinski definition) is 2. The number of rotatable bonds is 4. The summed E-state index contributed by atoms with van der Waals surface area (Å²) in [7, 11) is 3.44. The van der Waals surface area contributed by atoms with Gasteiger partial charge in [-0.2, -0.15) is 4.65 Å². The molecule has 0 spiro atoms. The summed E-state index contributed by atoms with van der Waals surface area (Å²) in [4.78, 5) is 0. The van der Waals surface area contributed by atoms with Crippen LogP contribution in [0, 0.1) is 0 Å². The highest BCUT2D eigenvalue weighted by Gasteiger charge is 2.38. The second kappa shape index (κ2) is 5.02. The molecule has 0 aliphatic rings. The first kappa shape index (κ1) is 14.7. The summed E-state index contributed by atoms with van der Waals surface area (Å²) in [5, 5.41) is 9.68. The number of hydrogen-bond donors (Lipinski definition) is 2. The lowest BCUT2D eigenvalue weighted by Crippen LogP contribution is -3.00. The normalized spacial score (nSPS) is 16.5. The zero-order valence-corrected chi connectivity index (χ0v) is 9.23. The number of nitrogens with two attached hydrogens (primary N) is 1. The lowest BCUT2D eigenvalue weighted by atomic mass is 10.0. The average Bonchev–Trinajstić information content (AvgIpc) is 1.86. The van der Waals surface area contributed by atoms with Crippen LogP contribution in [0.4, 0.5) is 0 Å². The molecule has 1 unspecified atom stereocenters. The molecule has 3 nitrogen and oxygen atoms in total. The lowest BCUT2D eigenvalue weighted by molar-refractivity contribution is -1.11. The van der Waals surface area contributed by atoms with Crippen LogP contribution in [0.25, 0.3) is 0 Å². The van der Waals surface area contributed by atoms with Crippen LogP contribution in [0.5, 0.6) is 0 Å². The van der Waals surface area contributed by atoms with Gasteiger partial charge >= 0.3 is 0 Å². The van der Waals surface area contributed by atoms with Crippen molar-refractivity contribution in [3.63, 3.8) is 0 Å². The van der Waals surface area contributed by atoms with E-state index in [4.69, 9.17) is 5.73 Å². The van der Waals surface area contributed by atoms with Crippen LogP contribution in [0.2, 0.25) is 0 Å². The maximum Gasteiger partial charge on any atom is 0.179 e. The van der Waals surface area contributed by atoms with E-state index in [9.17, 15) is 5.21 Å². The number of nitrogens with zero attached hydrogens (tertiary/aromatic N) is 1. The lowest BCUT2D eigenvalue weighted by Gasteiger charge is -2.38. The molecule has 0 aromatic heterocycles. The van der Waals surface area contributed by atoms with Crippen molar-refractivity contribution in [3.05, 3.63) is 0 Å². The molecule has 0 aromatic rings. The molecular weight excluding hydrogens is 176 g/mol. The molecule has 0 aromatic carbocycles. The van der Waals surface area contributed by atoms with E-state index in [1.807, 2.05) is 6.92 Å². The minimum absolute atomic E-state index is 0. The van der Waals surface area contributed by atoms with Crippen LogP contribution in [-0.4, -0.2) is 29.6 Å². The van der Waals surface area contributed by atoms with Crippen LogP contribution in [-0.2, 0) is 0 Å². The molecule has 12 heavy (non-hydrogen) atoms. The summed E-state index contributed by atoms with van der Waals surface area (Å²) in [5.41, 5.74) is 5.53. The smallest absolute Gasteiger partial charge is 0.179 e. The predicted octanol–water partition coefficient (Wildman–Crippen LogP) is -1.68. The van der Waals surface area contributed by atoms with Gasteiger partial charge in [0.15, 0.2) is 5.66 Å². The highest BCUT2D eigenvalue weighted by Crippen LogP contribution is 2.21. The molecule has 0 bridgehead atoms. The van der Waals surface area contributed by atoms with E-state index < -0.39 is 5.66 Å². The van der Waals surface area contributed by atoms with Crippen molar-refractivity contribution in [3.8, 4) is 0 Å². The Kier molecular flexibility index (Phi) is 6.14. The summed E-state index contributed by atoms with van der Waals surface area (Å²) >= 11 is 0. The Balaban J connectivity index is 0. The zero-order chi connectivity index (χ0) is 9.12. The summed E-state index contributed by atoms with van der Waals surface area (Å²) < 4.78 is -0.142. The molecule has 0 rings (SSSR count). The van der Waals surface area contributed by atoms with Gasteiger partial charge in [-0.25, -0.2) is 5.21 Å². The van der Waals surface area contributed by atoms with Crippen molar-refractivity contribution < 1.29 is 22.3 Å². The first-order chi connectivity index (χ1) is 4.87. The maximum atomic E-state index is 9.68. The van der Waals surface area contributed by atoms with Gasteiger partial charge in [0, 0.05) is 12.8 Å². The molecule has 4 heteroatoms. The minimum Gasteiger partial charge on any atom is -1.00 e. The van der Waals surface area contributed by atoms with Crippen molar-refractivity contribution >= 4 is 0 Å². The molecule has 0 saturated carbocycles. The largest absolute Gasteiger partial charge is 1.00 e. The highest BCUT2D eigenvalue weighted by atomic mass is 35.5. The topological polar surface area (TPSA) is 46.2 Å². The van der Waals surface area contributed by atoms with Crippen molar-refractivity contribution in [1.29, 1.82) is 0 Å². The van der Waals surface area contributed by atoms with Gasteiger partial charge < -0.3 is 12.4 Å². The van der Waals surface area contributed by atoms with Crippen molar-refractivity contribution in [2.75, 3.05) is 14.1 Å². The van der Waals surface area contributed by atoms with E-state index in [0.29, 0.717) is 0 Å². The molecule has 0 aliphatic carbocycles. The van der Waals surface area contributed by atoms with Crippen molar-refractivity contribution in [2.24, 2.45) is 5.73 Å². The zero-order valence-electron chi connectivity index (χ0n) is 8.47. The maximum absolute atomic E-state index is 9.68. The van der Waals surface area contributed by atoms with Gasteiger partial charge in [-0.1, -0.05) is 13.8 Å². The first-order valence-electron chi connectivity index (χ1n) is 4.23. The van der Waals surface area contributed by atoms with E-state index in [0.717, 1.165) is 19.3 Å². The molecule has 76 valence electrons. The molecular formula is C8H21ClN2O. The molecule has 0 fully saturated rings. The first-order valence-corrected chi connectivity index (χ1v) is 4.23. The molecule has 1 atom stereocenters. The summed E-state index contributed by atoms with van der Waals surface area (Å²) in [6.07, 6.45) is 2.66. The Morgan fingerprint density at radius 3 is 1.83 bits per heavy atom. The van der Waals surface area contributed by atoms with Gasteiger partial charge in [0.2, 0.25) is 0 Å². The summed E-state index contributed by atoms with van der Waals surface area (Å²) in [6.45, 7) is 4.08. The Bertz CT molecular complexity index is 125. The van der Waals surface area contributed by atoms with Crippen molar-refractivity contribution in [2.45, 2.75) is 38.8 Å². The molecule has 3 N–H and O–H groups in total. The van der Waals surface area contributed by atoms with Gasteiger partial charge in [-0.15, -0.1) is 0 Å². The number of quaternary nitrogens is 1. The number of hydroxylamine groups is 3. The van der Waals surface area contributed by atoms with Gasteiger partial charge in [0.1, 0.15) is 0 Å². The highest BCUT2D eigenvalue weighted by molar-refractivity contribution is 4.68. The fourth-order valence-corrected chi connectivity index (χ4v) is 1.27. The molecule has 0 radical (unpaired) electrons. The summed E-state index contributed by atoms with van der Waals surface area (Å²) in [5.74, 6) is 0. The van der Waals surface area contributed by atoms with E-state index in [2.05, 4.69) is 6.92 Å². The Labute approximate surface area is 81.5 Å². The van der Waals surface area contributed by atoms with Gasteiger partial charge in [-0.3, -0.25) is 5.73 Å². The fourth-order valence-electron chi connectivity index (χ4n) is 1.27. The molecule has 0 aliphatic heterocycles. The Morgan fingerprint density at radius 2 is 1.75 bits per heavy atom. The fraction of sp³-hybridized carbons (Fsp3) is 1.00. The second-order valence-corrected chi connectivity index (χ2v) is 3.60. The number of halogens is 1. The monoisotopic (exact) mass is 196 g/mol. The standard InChI is InChI=1S/C8H21N2O.ClH/c1-5-7-8(9,6-2)10(3,4)11;/h11H,5-7,9H2,1-4H3;1H/q+1;/p-1. The quantitative estimate of drug-likeness (QED) is 0.321. The van der Waals surface area contributed by atoms with Crippen molar-refractivity contribution in [1.82, 2.24) is 0 Å².